The highest BCUT2D eigenvalue weighted by atomic mass is 16.5. The molecule has 138 valence electrons. The van der Waals surface area contributed by atoms with Gasteiger partial charge in [-0.2, -0.15) is 5.10 Å². The average molecular weight is 356 g/mol. The molecule has 1 saturated heterocycles. The second kappa shape index (κ2) is 7.09. The van der Waals surface area contributed by atoms with E-state index in [1.165, 1.54) is 0 Å². The smallest absolute Gasteiger partial charge is 0.279 e. The lowest BCUT2D eigenvalue weighted by Crippen LogP contribution is -2.38. The number of methoxy groups -OCH3 is 1. The molecule has 3 heterocycles. The van der Waals surface area contributed by atoms with Crippen molar-refractivity contribution in [3.63, 3.8) is 0 Å². The molecule has 4 rings (SSSR count). The minimum absolute atomic E-state index is 0.0705. The molecule has 7 heteroatoms. The van der Waals surface area contributed by atoms with E-state index in [1.54, 1.807) is 16.7 Å². The van der Waals surface area contributed by atoms with E-state index in [9.17, 15) is 4.79 Å². The fraction of sp³-hybridized carbons (Fsp3) is 0.474. The molecular formula is C19H24N4O3. The number of carbonyl (C=O) groups is 1. The van der Waals surface area contributed by atoms with Crippen LogP contribution in [0.3, 0.4) is 0 Å². The number of aryl methyl sites for hydroxylation is 1. The molecule has 0 aliphatic carbocycles. The number of amides is 1. The van der Waals surface area contributed by atoms with Gasteiger partial charge in [0.25, 0.3) is 5.91 Å². The number of nitrogens with zero attached hydrogens (tertiary/aromatic N) is 4. The summed E-state index contributed by atoms with van der Waals surface area (Å²) in [5, 5.41) is 4.47. The first-order valence-corrected chi connectivity index (χ1v) is 8.97. The summed E-state index contributed by atoms with van der Waals surface area (Å²) >= 11 is 0. The van der Waals surface area contributed by atoms with Gasteiger partial charge in [-0.05, 0) is 18.6 Å². The lowest BCUT2D eigenvalue weighted by atomic mass is 10.1. The molecule has 0 saturated carbocycles. The largest absolute Gasteiger partial charge is 0.490 e. The number of ether oxygens (including phenoxy) is 2. The van der Waals surface area contributed by atoms with Crippen molar-refractivity contribution in [2.75, 3.05) is 38.3 Å². The summed E-state index contributed by atoms with van der Waals surface area (Å²) in [5.74, 6) is 0.672. The number of para-hydroxylation sites is 2. The van der Waals surface area contributed by atoms with E-state index >= 15 is 0 Å². The van der Waals surface area contributed by atoms with E-state index < -0.39 is 0 Å². The predicted molar refractivity (Wildman–Crippen MR) is 97.5 cm³/mol. The monoisotopic (exact) mass is 356 g/mol. The average Bonchev–Trinajstić information content (AvgIpc) is 3.27. The molecule has 26 heavy (non-hydrogen) atoms. The molecule has 1 amide bonds. The van der Waals surface area contributed by atoms with Crippen molar-refractivity contribution in [3.8, 4) is 5.75 Å². The zero-order valence-electron chi connectivity index (χ0n) is 15.2. The van der Waals surface area contributed by atoms with E-state index in [4.69, 9.17) is 9.47 Å². The SMILES string of the molecule is COC1CCN(Cc2cn(C)nc2C(=O)N2CCOc3ccccc32)C1. The standard InChI is InChI=1S/C19H24N4O3/c1-21-11-14(12-22-8-7-15(13-22)25-2)18(20-21)19(24)23-9-10-26-17-6-4-3-5-16(17)23/h3-6,11,15H,7-10,12-13H2,1-2H3. The van der Waals surface area contributed by atoms with Gasteiger partial charge >= 0.3 is 0 Å². The molecule has 0 N–H and O–H groups in total. The maximum absolute atomic E-state index is 13.2. The summed E-state index contributed by atoms with van der Waals surface area (Å²) < 4.78 is 12.8. The van der Waals surface area contributed by atoms with Gasteiger partial charge in [-0.1, -0.05) is 12.1 Å². The molecule has 2 aliphatic rings. The first kappa shape index (κ1) is 17.1. The number of hydrogen-bond acceptors (Lipinski definition) is 5. The molecule has 1 aromatic heterocycles. The molecule has 1 unspecified atom stereocenters. The third-order valence-electron chi connectivity index (χ3n) is 5.04. The normalized spacial score (nSPS) is 20.1. The number of carbonyl (C=O) groups excluding carboxylic acids is 1. The summed E-state index contributed by atoms with van der Waals surface area (Å²) in [4.78, 5) is 17.3. The second-order valence-electron chi connectivity index (χ2n) is 6.83. The molecule has 0 spiro atoms. The van der Waals surface area contributed by atoms with Crippen molar-refractivity contribution in [1.82, 2.24) is 14.7 Å². The Kier molecular flexibility index (Phi) is 4.65. The van der Waals surface area contributed by atoms with E-state index in [-0.39, 0.29) is 12.0 Å². The van der Waals surface area contributed by atoms with Gasteiger partial charge in [-0.3, -0.25) is 14.4 Å². The first-order valence-electron chi connectivity index (χ1n) is 8.97. The number of hydrogen-bond donors (Lipinski definition) is 0. The molecule has 1 fully saturated rings. The maximum Gasteiger partial charge on any atom is 0.279 e. The number of anilines is 1. The van der Waals surface area contributed by atoms with Crippen molar-refractivity contribution >= 4 is 11.6 Å². The topological polar surface area (TPSA) is 59.8 Å². The lowest BCUT2D eigenvalue weighted by Gasteiger charge is -2.29. The Labute approximate surface area is 153 Å². The van der Waals surface area contributed by atoms with Gasteiger partial charge in [-0.15, -0.1) is 0 Å². The molecule has 2 aromatic rings. The molecule has 1 atom stereocenters. The molecule has 0 radical (unpaired) electrons. The van der Waals surface area contributed by atoms with Crippen LogP contribution in [0.1, 0.15) is 22.5 Å². The van der Waals surface area contributed by atoms with Crippen LogP contribution in [0.15, 0.2) is 30.5 Å². The zero-order chi connectivity index (χ0) is 18.1. The van der Waals surface area contributed by atoms with Crippen LogP contribution >= 0.6 is 0 Å². The Morgan fingerprint density at radius 1 is 1.35 bits per heavy atom. The van der Waals surface area contributed by atoms with Crippen LogP contribution < -0.4 is 9.64 Å². The van der Waals surface area contributed by atoms with Crippen molar-refractivity contribution in [3.05, 3.63) is 41.7 Å². The van der Waals surface area contributed by atoms with Gasteiger partial charge < -0.3 is 14.4 Å². The maximum atomic E-state index is 13.2. The molecular weight excluding hydrogens is 332 g/mol. The second-order valence-corrected chi connectivity index (χ2v) is 6.83. The summed E-state index contributed by atoms with van der Waals surface area (Å²) in [5.41, 5.74) is 2.28. The van der Waals surface area contributed by atoms with Gasteiger partial charge in [0.2, 0.25) is 0 Å². The van der Waals surface area contributed by atoms with Crippen LogP contribution in [-0.2, 0) is 18.3 Å². The van der Waals surface area contributed by atoms with Crippen molar-refractivity contribution in [2.24, 2.45) is 7.05 Å². The van der Waals surface area contributed by atoms with Gasteiger partial charge in [0.15, 0.2) is 5.69 Å². The third kappa shape index (κ3) is 3.20. The third-order valence-corrected chi connectivity index (χ3v) is 5.04. The number of benzene rings is 1. The van der Waals surface area contributed by atoms with Crippen LogP contribution in [-0.4, -0.2) is 60.0 Å². The van der Waals surface area contributed by atoms with Crippen LogP contribution in [0.2, 0.25) is 0 Å². The highest BCUT2D eigenvalue weighted by Crippen LogP contribution is 2.32. The Bertz CT molecular complexity index is 804. The zero-order valence-corrected chi connectivity index (χ0v) is 15.2. The highest BCUT2D eigenvalue weighted by molar-refractivity contribution is 6.06. The van der Waals surface area contributed by atoms with Crippen LogP contribution in [0.5, 0.6) is 5.75 Å². The quantitative estimate of drug-likeness (QED) is 0.834. The molecule has 2 aliphatic heterocycles. The first-order chi connectivity index (χ1) is 12.7. The van der Waals surface area contributed by atoms with Gasteiger partial charge in [0, 0.05) is 45.6 Å². The van der Waals surface area contributed by atoms with Gasteiger partial charge in [0.1, 0.15) is 12.4 Å². The van der Waals surface area contributed by atoms with Crippen LogP contribution in [0.25, 0.3) is 0 Å². The Balaban J connectivity index is 1.58. The Hall–Kier alpha value is -2.38. The molecule has 1 aromatic carbocycles. The van der Waals surface area contributed by atoms with Gasteiger partial charge in [-0.25, -0.2) is 0 Å². The van der Waals surface area contributed by atoms with Crippen molar-refractivity contribution < 1.29 is 14.3 Å². The van der Waals surface area contributed by atoms with Crippen LogP contribution in [0.4, 0.5) is 5.69 Å². The Morgan fingerprint density at radius 2 is 2.19 bits per heavy atom. The highest BCUT2D eigenvalue weighted by Gasteiger charge is 2.30. The van der Waals surface area contributed by atoms with Crippen LogP contribution in [0, 0.1) is 0 Å². The van der Waals surface area contributed by atoms with E-state index in [2.05, 4.69) is 10.00 Å². The number of fused-ring (bicyclic) bond motifs is 1. The van der Waals surface area contributed by atoms with Crippen molar-refractivity contribution in [1.29, 1.82) is 0 Å². The predicted octanol–water partition coefficient (Wildman–Crippen LogP) is 1.68. The van der Waals surface area contributed by atoms with E-state index in [0.29, 0.717) is 25.4 Å². The fourth-order valence-corrected chi connectivity index (χ4v) is 3.72. The van der Waals surface area contributed by atoms with Gasteiger partial charge in [0.05, 0.1) is 18.3 Å². The van der Waals surface area contributed by atoms with E-state index in [1.807, 2.05) is 37.5 Å². The number of aromatic nitrogens is 2. The number of likely N-dealkylation sites (tertiary alicyclic amines) is 1. The Morgan fingerprint density at radius 3 is 3.00 bits per heavy atom. The number of rotatable bonds is 4. The molecule has 7 nitrogen and oxygen atoms in total. The minimum Gasteiger partial charge on any atom is -0.490 e. The lowest BCUT2D eigenvalue weighted by molar-refractivity contribution is 0.0968. The van der Waals surface area contributed by atoms with E-state index in [0.717, 1.165) is 36.5 Å². The minimum atomic E-state index is -0.0705. The summed E-state index contributed by atoms with van der Waals surface area (Å²) in [6.07, 6.45) is 3.24. The summed E-state index contributed by atoms with van der Waals surface area (Å²) in [7, 11) is 3.61. The summed E-state index contributed by atoms with van der Waals surface area (Å²) in [6.45, 7) is 3.59. The fourth-order valence-electron chi connectivity index (χ4n) is 3.72. The summed E-state index contributed by atoms with van der Waals surface area (Å²) in [6, 6.07) is 7.64. The van der Waals surface area contributed by atoms with Crippen molar-refractivity contribution in [2.45, 2.75) is 19.1 Å². The molecule has 0 bridgehead atoms.